The van der Waals surface area contributed by atoms with E-state index < -0.39 is 0 Å². The van der Waals surface area contributed by atoms with Gasteiger partial charge in [-0.2, -0.15) is 0 Å². The highest BCUT2D eigenvalue weighted by Crippen LogP contribution is 2.08. The summed E-state index contributed by atoms with van der Waals surface area (Å²) in [5.41, 5.74) is 8.08. The number of carbonyl (C=O) groups excluding carboxylic acids is 1. The predicted octanol–water partition coefficient (Wildman–Crippen LogP) is 2.47. The van der Waals surface area contributed by atoms with Crippen molar-refractivity contribution in [1.29, 1.82) is 0 Å². The van der Waals surface area contributed by atoms with Crippen LogP contribution in [0.15, 0.2) is 24.3 Å². The van der Waals surface area contributed by atoms with Gasteiger partial charge in [0.1, 0.15) is 0 Å². The van der Waals surface area contributed by atoms with Gasteiger partial charge in [0.15, 0.2) is 0 Å². The topological polar surface area (TPSA) is 46.3 Å². The molecule has 1 aromatic rings. The molecular formula is C15H24N2O. The molecular weight excluding hydrogens is 224 g/mol. The zero-order valence-corrected chi connectivity index (χ0v) is 11.6. The van der Waals surface area contributed by atoms with Gasteiger partial charge in [-0.05, 0) is 32.3 Å². The summed E-state index contributed by atoms with van der Waals surface area (Å²) in [5.74, 6) is 0.191. The van der Waals surface area contributed by atoms with Crippen molar-refractivity contribution in [1.82, 2.24) is 4.90 Å². The lowest BCUT2D eigenvalue weighted by Crippen LogP contribution is -2.26. The molecule has 0 aromatic heterocycles. The van der Waals surface area contributed by atoms with Crippen LogP contribution in [0, 0.1) is 6.92 Å². The van der Waals surface area contributed by atoms with Crippen LogP contribution in [0.25, 0.3) is 0 Å². The summed E-state index contributed by atoms with van der Waals surface area (Å²) in [6.07, 6.45) is 2.36. The van der Waals surface area contributed by atoms with E-state index in [9.17, 15) is 4.79 Å². The molecule has 0 saturated carbocycles. The molecule has 0 radical (unpaired) electrons. The van der Waals surface area contributed by atoms with E-state index in [1.54, 1.807) is 4.90 Å². The monoisotopic (exact) mass is 248 g/mol. The Morgan fingerprint density at radius 1 is 1.33 bits per heavy atom. The third kappa shape index (κ3) is 5.32. The molecule has 1 atom stereocenters. The first-order chi connectivity index (χ1) is 8.49. The van der Waals surface area contributed by atoms with Crippen molar-refractivity contribution in [3.8, 4) is 0 Å². The molecule has 0 heterocycles. The second-order valence-electron chi connectivity index (χ2n) is 5.10. The maximum Gasteiger partial charge on any atom is 0.222 e. The molecule has 2 N–H and O–H groups in total. The maximum absolute atomic E-state index is 11.9. The highest BCUT2D eigenvalue weighted by atomic mass is 16.2. The molecule has 18 heavy (non-hydrogen) atoms. The molecule has 0 bridgehead atoms. The van der Waals surface area contributed by atoms with Crippen molar-refractivity contribution >= 4 is 5.91 Å². The Bertz CT molecular complexity index is 371. The minimum Gasteiger partial charge on any atom is -0.341 e. The van der Waals surface area contributed by atoms with Crippen LogP contribution >= 0.6 is 0 Å². The van der Waals surface area contributed by atoms with Gasteiger partial charge in [-0.3, -0.25) is 4.79 Å². The van der Waals surface area contributed by atoms with Gasteiger partial charge < -0.3 is 10.6 Å². The Kier molecular flexibility index (Phi) is 5.86. The molecule has 0 aliphatic heterocycles. The molecule has 0 fully saturated rings. The van der Waals surface area contributed by atoms with Gasteiger partial charge in [0, 0.05) is 26.1 Å². The molecule has 0 spiro atoms. The second-order valence-corrected chi connectivity index (χ2v) is 5.10. The Morgan fingerprint density at radius 3 is 2.50 bits per heavy atom. The highest BCUT2D eigenvalue weighted by Gasteiger charge is 2.09. The zero-order chi connectivity index (χ0) is 13.5. The van der Waals surface area contributed by atoms with Crippen molar-refractivity contribution in [3.63, 3.8) is 0 Å². The minimum atomic E-state index is 0.181. The number of nitrogens with zero attached hydrogens (tertiary/aromatic N) is 1. The van der Waals surface area contributed by atoms with Crippen LogP contribution in [0.5, 0.6) is 0 Å². The van der Waals surface area contributed by atoms with Crippen LogP contribution in [0.2, 0.25) is 0 Å². The largest absolute Gasteiger partial charge is 0.341 e. The molecule has 1 unspecified atom stereocenters. The summed E-state index contributed by atoms with van der Waals surface area (Å²) in [6.45, 7) is 4.71. The quantitative estimate of drug-likeness (QED) is 0.840. The van der Waals surface area contributed by atoms with Crippen LogP contribution in [-0.2, 0) is 11.3 Å². The van der Waals surface area contributed by atoms with E-state index in [1.807, 2.05) is 14.0 Å². The number of hydrogen-bond donors (Lipinski definition) is 1. The van der Waals surface area contributed by atoms with Gasteiger partial charge in [-0.1, -0.05) is 29.8 Å². The summed E-state index contributed by atoms with van der Waals surface area (Å²) in [7, 11) is 1.86. The molecule has 0 aliphatic carbocycles. The van der Waals surface area contributed by atoms with E-state index in [0.29, 0.717) is 13.0 Å². The van der Waals surface area contributed by atoms with Crippen molar-refractivity contribution in [2.24, 2.45) is 5.73 Å². The summed E-state index contributed by atoms with van der Waals surface area (Å²) in [4.78, 5) is 13.7. The smallest absolute Gasteiger partial charge is 0.222 e. The van der Waals surface area contributed by atoms with Crippen molar-refractivity contribution in [2.45, 2.75) is 45.7 Å². The fourth-order valence-corrected chi connectivity index (χ4v) is 1.82. The number of carbonyl (C=O) groups is 1. The highest BCUT2D eigenvalue weighted by molar-refractivity contribution is 5.75. The van der Waals surface area contributed by atoms with E-state index in [1.165, 1.54) is 11.1 Å². The van der Waals surface area contributed by atoms with Crippen molar-refractivity contribution in [3.05, 3.63) is 35.4 Å². The number of amides is 1. The normalized spacial score (nSPS) is 12.2. The summed E-state index contributed by atoms with van der Waals surface area (Å²) in [5, 5.41) is 0. The van der Waals surface area contributed by atoms with Gasteiger partial charge in [0.05, 0.1) is 0 Å². The average molecular weight is 248 g/mol. The van der Waals surface area contributed by atoms with Crippen LogP contribution in [-0.4, -0.2) is 23.9 Å². The van der Waals surface area contributed by atoms with Gasteiger partial charge in [-0.15, -0.1) is 0 Å². The first-order valence-electron chi connectivity index (χ1n) is 6.54. The molecule has 0 aliphatic rings. The Labute approximate surface area is 110 Å². The minimum absolute atomic E-state index is 0.181. The first kappa shape index (κ1) is 14.7. The number of hydrogen-bond acceptors (Lipinski definition) is 2. The number of rotatable bonds is 6. The maximum atomic E-state index is 11.9. The summed E-state index contributed by atoms with van der Waals surface area (Å²) >= 11 is 0. The lowest BCUT2D eigenvalue weighted by atomic mass is 10.1. The van der Waals surface area contributed by atoms with E-state index >= 15 is 0 Å². The SMILES string of the molecule is Cc1ccc(CN(C)C(=O)CCCC(C)N)cc1. The van der Waals surface area contributed by atoms with Crippen molar-refractivity contribution in [2.75, 3.05) is 7.05 Å². The van der Waals surface area contributed by atoms with E-state index in [4.69, 9.17) is 5.73 Å². The molecule has 1 aromatic carbocycles. The molecule has 3 nitrogen and oxygen atoms in total. The third-order valence-corrected chi connectivity index (χ3v) is 3.02. The van der Waals surface area contributed by atoms with Gasteiger partial charge >= 0.3 is 0 Å². The molecule has 3 heteroatoms. The Hall–Kier alpha value is -1.35. The Balaban J connectivity index is 2.37. The standard InChI is InChI=1S/C15H24N2O/c1-12-7-9-14(10-8-12)11-17(3)15(18)6-4-5-13(2)16/h7-10,13H,4-6,11,16H2,1-3H3. The van der Waals surface area contributed by atoms with E-state index in [0.717, 1.165) is 12.8 Å². The second kappa shape index (κ2) is 7.17. The van der Waals surface area contributed by atoms with Crippen LogP contribution in [0.3, 0.4) is 0 Å². The average Bonchev–Trinajstić information content (AvgIpc) is 2.31. The molecule has 1 amide bonds. The van der Waals surface area contributed by atoms with Gasteiger partial charge in [-0.25, -0.2) is 0 Å². The molecule has 100 valence electrons. The molecule has 0 saturated heterocycles. The zero-order valence-electron chi connectivity index (χ0n) is 11.6. The fourth-order valence-electron chi connectivity index (χ4n) is 1.82. The fraction of sp³-hybridized carbons (Fsp3) is 0.533. The first-order valence-corrected chi connectivity index (χ1v) is 6.54. The Morgan fingerprint density at radius 2 is 1.94 bits per heavy atom. The van der Waals surface area contributed by atoms with E-state index in [-0.39, 0.29) is 11.9 Å². The van der Waals surface area contributed by atoms with Gasteiger partial charge in [0.2, 0.25) is 5.91 Å². The predicted molar refractivity (Wildman–Crippen MR) is 75.2 cm³/mol. The van der Waals surface area contributed by atoms with Crippen LogP contribution in [0.4, 0.5) is 0 Å². The lowest BCUT2D eigenvalue weighted by molar-refractivity contribution is -0.130. The summed E-state index contributed by atoms with van der Waals surface area (Å²) < 4.78 is 0. The number of benzene rings is 1. The van der Waals surface area contributed by atoms with Crippen LogP contribution in [0.1, 0.15) is 37.3 Å². The third-order valence-electron chi connectivity index (χ3n) is 3.02. The molecule has 1 rings (SSSR count). The van der Waals surface area contributed by atoms with Crippen LogP contribution < -0.4 is 5.73 Å². The van der Waals surface area contributed by atoms with E-state index in [2.05, 4.69) is 31.2 Å². The van der Waals surface area contributed by atoms with Gasteiger partial charge in [0.25, 0.3) is 0 Å². The van der Waals surface area contributed by atoms with Crippen molar-refractivity contribution < 1.29 is 4.79 Å². The lowest BCUT2D eigenvalue weighted by Gasteiger charge is -2.17. The summed E-state index contributed by atoms with van der Waals surface area (Å²) in [6, 6.07) is 8.47. The number of nitrogens with two attached hydrogens (primary N) is 1. The number of aryl methyl sites for hydroxylation is 1.